The van der Waals surface area contributed by atoms with Crippen LogP contribution in [0.1, 0.15) is 65.5 Å². The van der Waals surface area contributed by atoms with Gasteiger partial charge in [-0.15, -0.1) is 0 Å². The van der Waals surface area contributed by atoms with Crippen LogP contribution in [0.4, 0.5) is 5.69 Å². The van der Waals surface area contributed by atoms with Crippen molar-refractivity contribution in [2.24, 2.45) is 0 Å². The summed E-state index contributed by atoms with van der Waals surface area (Å²) in [7, 11) is 0. The molecule has 0 N–H and O–H groups in total. The highest BCUT2D eigenvalue weighted by Gasteiger charge is 2.44. The second-order valence-electron chi connectivity index (χ2n) is 9.53. The maximum absolute atomic E-state index is 13.9. The van der Waals surface area contributed by atoms with Gasteiger partial charge in [0, 0.05) is 10.7 Å². The maximum atomic E-state index is 13.9. The predicted octanol–water partition coefficient (Wildman–Crippen LogP) is 7.39. The third-order valence-corrected chi connectivity index (χ3v) is 7.21. The van der Waals surface area contributed by atoms with E-state index in [-0.39, 0.29) is 11.2 Å². The summed E-state index contributed by atoms with van der Waals surface area (Å²) >= 11 is 6.47. The number of hydrogen-bond donors (Lipinski definition) is 0. The van der Waals surface area contributed by atoms with Crippen molar-refractivity contribution < 1.29 is 18.7 Å². The molecule has 3 aromatic carbocycles. The lowest BCUT2D eigenvalue weighted by atomic mass is 9.97. The molecule has 0 aliphatic carbocycles. The first-order valence-electron chi connectivity index (χ1n) is 12.9. The minimum absolute atomic E-state index is 0.0364. The molecule has 1 aromatic heterocycles. The van der Waals surface area contributed by atoms with Gasteiger partial charge in [-0.05, 0) is 74.7 Å². The Morgan fingerprint density at radius 2 is 1.76 bits per heavy atom. The molecule has 5 rings (SSSR count). The molecule has 0 spiro atoms. The van der Waals surface area contributed by atoms with E-state index in [1.165, 1.54) is 0 Å². The fraction of sp³-hybridized carbons (Fsp3) is 0.290. The molecule has 0 saturated carbocycles. The van der Waals surface area contributed by atoms with Gasteiger partial charge in [0.05, 0.1) is 30.2 Å². The third-order valence-electron chi connectivity index (χ3n) is 6.80. The minimum atomic E-state index is -0.735. The van der Waals surface area contributed by atoms with E-state index < -0.39 is 11.9 Å². The number of ether oxygens (including phenoxy) is 2. The molecule has 6 nitrogen and oxygen atoms in total. The van der Waals surface area contributed by atoms with Crippen molar-refractivity contribution in [3.8, 4) is 11.5 Å². The molecule has 7 heteroatoms. The first kappa shape index (κ1) is 25.9. The van der Waals surface area contributed by atoms with Crippen LogP contribution >= 0.6 is 11.6 Å². The average Bonchev–Trinajstić information content (AvgIpc) is 3.19. The van der Waals surface area contributed by atoms with Crippen LogP contribution in [0.2, 0.25) is 5.02 Å². The summed E-state index contributed by atoms with van der Waals surface area (Å²) in [5.74, 6) is 0.824. The van der Waals surface area contributed by atoms with Crippen molar-refractivity contribution in [3.05, 3.63) is 97.9 Å². The van der Waals surface area contributed by atoms with Gasteiger partial charge in [-0.3, -0.25) is 14.5 Å². The number of aryl methyl sites for hydroxylation is 2. The molecule has 0 saturated heterocycles. The fourth-order valence-corrected chi connectivity index (χ4v) is 4.98. The monoisotopic (exact) mass is 531 g/mol. The first-order chi connectivity index (χ1) is 18.3. The summed E-state index contributed by atoms with van der Waals surface area (Å²) in [6, 6.07) is 15.6. The van der Waals surface area contributed by atoms with E-state index in [0.29, 0.717) is 57.5 Å². The molecule has 0 radical (unpaired) electrons. The number of benzene rings is 3. The van der Waals surface area contributed by atoms with Crippen LogP contribution in [-0.4, -0.2) is 19.1 Å². The van der Waals surface area contributed by atoms with Gasteiger partial charge in [0.2, 0.25) is 5.76 Å². The molecule has 1 unspecified atom stereocenters. The first-order valence-corrected chi connectivity index (χ1v) is 13.3. The number of carbonyl (C=O) groups is 1. The van der Waals surface area contributed by atoms with Gasteiger partial charge in [0.25, 0.3) is 5.91 Å². The van der Waals surface area contributed by atoms with E-state index in [1.807, 2.05) is 57.2 Å². The number of carbonyl (C=O) groups excluding carboxylic acids is 1. The zero-order chi connectivity index (χ0) is 27.0. The summed E-state index contributed by atoms with van der Waals surface area (Å²) in [5, 5.41) is 0.967. The van der Waals surface area contributed by atoms with Crippen LogP contribution in [0.15, 0.2) is 63.8 Å². The number of anilines is 1. The number of nitrogens with zero attached hydrogens (tertiary/aromatic N) is 1. The van der Waals surface area contributed by atoms with Crippen molar-refractivity contribution in [3.63, 3.8) is 0 Å². The molecule has 0 fully saturated rings. The van der Waals surface area contributed by atoms with Crippen LogP contribution in [0.3, 0.4) is 0 Å². The second kappa shape index (κ2) is 10.5. The van der Waals surface area contributed by atoms with Crippen molar-refractivity contribution in [2.75, 3.05) is 18.1 Å². The highest BCUT2D eigenvalue weighted by molar-refractivity contribution is 6.31. The Hall–Kier alpha value is -3.77. The second-order valence-corrected chi connectivity index (χ2v) is 9.93. The minimum Gasteiger partial charge on any atom is -0.490 e. The van der Waals surface area contributed by atoms with Gasteiger partial charge in [-0.2, -0.15) is 0 Å². The van der Waals surface area contributed by atoms with Crippen LogP contribution in [-0.2, 0) is 0 Å². The molecule has 196 valence electrons. The lowest BCUT2D eigenvalue weighted by molar-refractivity contribution is 0.0971. The molecule has 1 aliphatic rings. The lowest BCUT2D eigenvalue weighted by Crippen LogP contribution is -2.29. The van der Waals surface area contributed by atoms with E-state index in [9.17, 15) is 9.59 Å². The zero-order valence-electron chi connectivity index (χ0n) is 22.0. The van der Waals surface area contributed by atoms with E-state index in [4.69, 9.17) is 25.5 Å². The number of unbranched alkanes of at least 4 members (excludes halogenated alkanes) is 1. The van der Waals surface area contributed by atoms with E-state index in [2.05, 4.69) is 6.92 Å². The van der Waals surface area contributed by atoms with E-state index >= 15 is 0 Å². The Morgan fingerprint density at radius 3 is 2.50 bits per heavy atom. The molecule has 1 amide bonds. The van der Waals surface area contributed by atoms with Crippen LogP contribution < -0.4 is 19.8 Å². The van der Waals surface area contributed by atoms with Gasteiger partial charge >= 0.3 is 0 Å². The highest BCUT2D eigenvalue weighted by atomic mass is 35.5. The van der Waals surface area contributed by atoms with Gasteiger partial charge in [-0.1, -0.05) is 48.7 Å². The van der Waals surface area contributed by atoms with Gasteiger partial charge in [0.1, 0.15) is 5.58 Å². The number of rotatable bonds is 8. The van der Waals surface area contributed by atoms with Crippen molar-refractivity contribution in [1.82, 2.24) is 0 Å². The largest absolute Gasteiger partial charge is 0.490 e. The van der Waals surface area contributed by atoms with Gasteiger partial charge < -0.3 is 13.9 Å². The number of halogens is 1. The van der Waals surface area contributed by atoms with Gasteiger partial charge in [-0.25, -0.2) is 0 Å². The topological polar surface area (TPSA) is 69.0 Å². The standard InChI is InChI=1S/C31H30ClNO5/c1-5-7-14-37-25-13-10-20(16-26(25)36-6-2)28-27-29(34)22-15-18(3)8-12-24(22)38-30(27)31(35)33(28)21-11-9-19(4)23(32)17-21/h8-13,15-17,28H,5-7,14H2,1-4H3. The van der Waals surface area contributed by atoms with E-state index in [1.54, 1.807) is 23.1 Å². The molecule has 4 aromatic rings. The highest BCUT2D eigenvalue weighted by Crippen LogP contribution is 2.44. The molecule has 1 atom stereocenters. The van der Waals surface area contributed by atoms with Crippen LogP contribution in [0, 0.1) is 13.8 Å². The Kier molecular flexibility index (Phi) is 7.17. The SMILES string of the molecule is CCCCOc1ccc(C2c3c(oc4ccc(C)cc4c3=O)C(=O)N2c2ccc(C)c(Cl)c2)cc1OCC. The molecular weight excluding hydrogens is 502 g/mol. The van der Waals surface area contributed by atoms with Crippen LogP contribution in [0.5, 0.6) is 11.5 Å². The Balaban J connectivity index is 1.73. The average molecular weight is 532 g/mol. The molecule has 0 bridgehead atoms. The van der Waals surface area contributed by atoms with Crippen molar-refractivity contribution in [1.29, 1.82) is 0 Å². The lowest BCUT2D eigenvalue weighted by Gasteiger charge is -2.26. The van der Waals surface area contributed by atoms with Crippen molar-refractivity contribution >= 4 is 34.2 Å². The number of amides is 1. The normalized spacial score (nSPS) is 14.7. The van der Waals surface area contributed by atoms with Crippen LogP contribution in [0.25, 0.3) is 11.0 Å². The Bertz CT molecular complexity index is 1590. The summed E-state index contributed by atoms with van der Waals surface area (Å²) in [4.78, 5) is 29.4. The summed E-state index contributed by atoms with van der Waals surface area (Å²) in [5.41, 5.74) is 3.54. The number of hydrogen-bond acceptors (Lipinski definition) is 5. The Morgan fingerprint density at radius 1 is 0.947 bits per heavy atom. The molecule has 38 heavy (non-hydrogen) atoms. The smallest absolute Gasteiger partial charge is 0.295 e. The summed E-state index contributed by atoms with van der Waals surface area (Å²) in [6.45, 7) is 8.84. The third kappa shape index (κ3) is 4.54. The fourth-order valence-electron chi connectivity index (χ4n) is 4.81. The van der Waals surface area contributed by atoms with Gasteiger partial charge in [0.15, 0.2) is 16.9 Å². The summed E-state index contributed by atoms with van der Waals surface area (Å²) < 4.78 is 18.0. The zero-order valence-corrected chi connectivity index (χ0v) is 22.7. The molecule has 1 aliphatic heterocycles. The predicted molar refractivity (Wildman–Crippen MR) is 150 cm³/mol. The molecular formula is C31H30ClNO5. The quantitative estimate of drug-likeness (QED) is 0.222. The van der Waals surface area contributed by atoms with Crippen molar-refractivity contribution in [2.45, 2.75) is 46.6 Å². The molecule has 2 heterocycles. The summed E-state index contributed by atoms with van der Waals surface area (Å²) in [6.07, 6.45) is 1.94. The number of fused-ring (bicyclic) bond motifs is 2. The maximum Gasteiger partial charge on any atom is 0.295 e. The Labute approximate surface area is 226 Å². The van der Waals surface area contributed by atoms with E-state index in [0.717, 1.165) is 24.0 Å².